The first-order valence-corrected chi connectivity index (χ1v) is 7.40. The number of benzene rings is 1. The Morgan fingerprint density at radius 2 is 1.68 bits per heavy atom. The smallest absolute Gasteiger partial charge is 0.0655 e. The average molecular weight is 256 g/mol. The summed E-state index contributed by atoms with van der Waals surface area (Å²) >= 11 is 0. The molecule has 1 aromatic rings. The van der Waals surface area contributed by atoms with E-state index in [2.05, 4.69) is 49.2 Å². The Morgan fingerprint density at radius 3 is 2.21 bits per heavy atom. The molecule has 0 aromatic heterocycles. The lowest BCUT2D eigenvalue weighted by molar-refractivity contribution is 0.171. The van der Waals surface area contributed by atoms with Crippen LogP contribution in [0.4, 0.5) is 0 Å². The van der Waals surface area contributed by atoms with Gasteiger partial charge in [-0.1, -0.05) is 31.2 Å². The minimum Gasteiger partial charge on any atom is -0.299 e. The summed E-state index contributed by atoms with van der Waals surface area (Å²) in [5.74, 6) is 0.300. The van der Waals surface area contributed by atoms with Gasteiger partial charge in [0.05, 0.1) is 6.07 Å². The Kier molecular flexibility index (Phi) is 4.99. The van der Waals surface area contributed by atoms with Crippen LogP contribution in [0.5, 0.6) is 0 Å². The molecule has 1 aliphatic rings. The molecular formula is C17H24N2. The Hall–Kier alpha value is -1.33. The lowest BCUT2D eigenvalue weighted by Gasteiger charge is -2.32. The van der Waals surface area contributed by atoms with Gasteiger partial charge in [0.15, 0.2) is 0 Å². The molecule has 0 spiro atoms. The fraction of sp³-hybridized carbons (Fsp3) is 0.588. The lowest BCUT2D eigenvalue weighted by Crippen LogP contribution is -2.34. The summed E-state index contributed by atoms with van der Waals surface area (Å²) in [5, 5.41) is 8.94. The number of aryl methyl sites for hydroxylation is 1. The Balaban J connectivity index is 1.87. The molecule has 0 saturated heterocycles. The summed E-state index contributed by atoms with van der Waals surface area (Å²) in [7, 11) is 2.21. The van der Waals surface area contributed by atoms with Crippen molar-refractivity contribution in [3.05, 3.63) is 35.4 Å². The Labute approximate surface area is 117 Å². The van der Waals surface area contributed by atoms with Crippen molar-refractivity contribution in [1.82, 2.24) is 4.90 Å². The molecule has 0 radical (unpaired) electrons. The first kappa shape index (κ1) is 14.1. The number of nitriles is 1. The first-order chi connectivity index (χ1) is 9.22. The molecule has 1 aliphatic carbocycles. The van der Waals surface area contributed by atoms with Gasteiger partial charge in [-0.05, 0) is 50.3 Å². The summed E-state index contributed by atoms with van der Waals surface area (Å²) in [4.78, 5) is 2.45. The minimum atomic E-state index is 0.300. The van der Waals surface area contributed by atoms with Crippen molar-refractivity contribution in [2.24, 2.45) is 5.92 Å². The van der Waals surface area contributed by atoms with Crippen LogP contribution in [0, 0.1) is 17.2 Å². The summed E-state index contributed by atoms with van der Waals surface area (Å²) in [6.07, 6.45) is 5.58. The molecule has 2 heteroatoms. The van der Waals surface area contributed by atoms with Crippen molar-refractivity contribution < 1.29 is 0 Å². The molecule has 0 aliphatic heterocycles. The maximum Gasteiger partial charge on any atom is 0.0655 e. The topological polar surface area (TPSA) is 27.0 Å². The molecule has 2 nitrogen and oxygen atoms in total. The lowest BCUT2D eigenvalue weighted by atomic mass is 9.86. The molecule has 0 heterocycles. The van der Waals surface area contributed by atoms with E-state index in [1.54, 1.807) is 0 Å². The zero-order chi connectivity index (χ0) is 13.7. The predicted molar refractivity (Wildman–Crippen MR) is 78.6 cm³/mol. The molecule has 0 atom stereocenters. The molecule has 0 N–H and O–H groups in total. The van der Waals surface area contributed by atoms with Crippen LogP contribution in [0.2, 0.25) is 0 Å². The highest BCUT2D eigenvalue weighted by molar-refractivity contribution is 5.22. The van der Waals surface area contributed by atoms with Crippen molar-refractivity contribution in [3.8, 4) is 6.07 Å². The Bertz CT molecular complexity index is 422. The van der Waals surface area contributed by atoms with Crippen molar-refractivity contribution >= 4 is 0 Å². The molecule has 19 heavy (non-hydrogen) atoms. The van der Waals surface area contributed by atoms with E-state index in [9.17, 15) is 0 Å². The highest BCUT2D eigenvalue weighted by Gasteiger charge is 2.23. The molecule has 102 valence electrons. The summed E-state index contributed by atoms with van der Waals surface area (Å²) in [6, 6.07) is 12.0. The molecular weight excluding hydrogens is 232 g/mol. The van der Waals surface area contributed by atoms with E-state index in [4.69, 9.17) is 5.26 Å². The molecule has 0 amide bonds. The normalized spacial score (nSPS) is 23.3. The third-order valence-electron chi connectivity index (χ3n) is 4.37. The second kappa shape index (κ2) is 6.73. The van der Waals surface area contributed by atoms with Gasteiger partial charge in [0.25, 0.3) is 0 Å². The minimum absolute atomic E-state index is 0.300. The van der Waals surface area contributed by atoms with Gasteiger partial charge in [-0.3, -0.25) is 4.90 Å². The van der Waals surface area contributed by atoms with E-state index in [1.165, 1.54) is 24.0 Å². The van der Waals surface area contributed by atoms with Crippen LogP contribution < -0.4 is 0 Å². The first-order valence-electron chi connectivity index (χ1n) is 7.40. The third kappa shape index (κ3) is 3.81. The van der Waals surface area contributed by atoms with Crippen molar-refractivity contribution in [2.75, 3.05) is 7.05 Å². The van der Waals surface area contributed by atoms with Crippen LogP contribution in [0.1, 0.15) is 43.7 Å². The van der Waals surface area contributed by atoms with Crippen LogP contribution in [0.15, 0.2) is 24.3 Å². The van der Waals surface area contributed by atoms with Crippen LogP contribution in [-0.4, -0.2) is 18.0 Å². The molecule has 1 saturated carbocycles. The molecule has 0 bridgehead atoms. The number of hydrogen-bond donors (Lipinski definition) is 0. The number of hydrogen-bond acceptors (Lipinski definition) is 2. The van der Waals surface area contributed by atoms with Gasteiger partial charge in [-0.25, -0.2) is 0 Å². The second-order valence-electron chi connectivity index (χ2n) is 5.72. The molecule has 2 rings (SSSR count). The standard InChI is InChI=1S/C17H24N2/c1-3-14-4-6-16(7-5-14)13-19(2)17-10-8-15(12-18)9-11-17/h4-7,15,17H,3,8-11,13H2,1-2H3. The summed E-state index contributed by atoms with van der Waals surface area (Å²) < 4.78 is 0. The van der Waals surface area contributed by atoms with E-state index in [0.717, 1.165) is 25.8 Å². The van der Waals surface area contributed by atoms with E-state index in [1.807, 2.05) is 0 Å². The van der Waals surface area contributed by atoms with E-state index in [0.29, 0.717) is 12.0 Å². The van der Waals surface area contributed by atoms with Gasteiger partial charge in [0.1, 0.15) is 0 Å². The average Bonchev–Trinajstić information content (AvgIpc) is 2.48. The highest BCUT2D eigenvalue weighted by atomic mass is 15.1. The summed E-state index contributed by atoms with van der Waals surface area (Å²) in [5.41, 5.74) is 2.79. The summed E-state index contributed by atoms with van der Waals surface area (Å²) in [6.45, 7) is 3.21. The van der Waals surface area contributed by atoms with Crippen LogP contribution in [-0.2, 0) is 13.0 Å². The fourth-order valence-electron chi connectivity index (χ4n) is 2.94. The SMILES string of the molecule is CCc1ccc(CN(C)C2CCC(C#N)CC2)cc1. The molecule has 1 fully saturated rings. The van der Waals surface area contributed by atoms with Gasteiger partial charge in [-0.15, -0.1) is 0 Å². The quantitative estimate of drug-likeness (QED) is 0.820. The van der Waals surface area contributed by atoms with Gasteiger partial charge in [-0.2, -0.15) is 5.26 Å². The monoisotopic (exact) mass is 256 g/mol. The van der Waals surface area contributed by atoms with E-state index in [-0.39, 0.29) is 0 Å². The van der Waals surface area contributed by atoms with E-state index < -0.39 is 0 Å². The van der Waals surface area contributed by atoms with Gasteiger partial charge in [0, 0.05) is 18.5 Å². The van der Waals surface area contributed by atoms with Gasteiger partial charge in [0.2, 0.25) is 0 Å². The largest absolute Gasteiger partial charge is 0.299 e. The fourth-order valence-corrected chi connectivity index (χ4v) is 2.94. The zero-order valence-electron chi connectivity index (χ0n) is 12.1. The predicted octanol–water partition coefficient (Wildman–Crippen LogP) is 3.76. The van der Waals surface area contributed by atoms with Crippen molar-refractivity contribution in [2.45, 2.75) is 51.6 Å². The second-order valence-corrected chi connectivity index (χ2v) is 5.72. The number of rotatable bonds is 4. The van der Waals surface area contributed by atoms with Crippen LogP contribution in [0.3, 0.4) is 0 Å². The van der Waals surface area contributed by atoms with Crippen LogP contribution >= 0.6 is 0 Å². The zero-order valence-corrected chi connectivity index (χ0v) is 12.1. The maximum atomic E-state index is 8.94. The third-order valence-corrected chi connectivity index (χ3v) is 4.37. The molecule has 1 aromatic carbocycles. The maximum absolute atomic E-state index is 8.94. The van der Waals surface area contributed by atoms with Gasteiger partial charge >= 0.3 is 0 Å². The number of nitrogens with zero attached hydrogens (tertiary/aromatic N) is 2. The van der Waals surface area contributed by atoms with Crippen LogP contribution in [0.25, 0.3) is 0 Å². The van der Waals surface area contributed by atoms with E-state index >= 15 is 0 Å². The van der Waals surface area contributed by atoms with Crippen molar-refractivity contribution in [1.29, 1.82) is 5.26 Å². The highest BCUT2D eigenvalue weighted by Crippen LogP contribution is 2.27. The Morgan fingerprint density at radius 1 is 1.11 bits per heavy atom. The molecule has 0 unspecified atom stereocenters. The van der Waals surface area contributed by atoms with Crippen molar-refractivity contribution in [3.63, 3.8) is 0 Å². The van der Waals surface area contributed by atoms with Gasteiger partial charge < -0.3 is 0 Å².